The molecule has 0 aliphatic rings. The molecule has 0 atom stereocenters. The van der Waals surface area contributed by atoms with Crippen LogP contribution in [0.25, 0.3) is 0 Å². The van der Waals surface area contributed by atoms with Crippen molar-refractivity contribution in [2.75, 3.05) is 0 Å². The van der Waals surface area contributed by atoms with Gasteiger partial charge in [0, 0.05) is 6.42 Å². The summed E-state index contributed by atoms with van der Waals surface area (Å²) < 4.78 is 0. The van der Waals surface area contributed by atoms with E-state index < -0.39 is 5.97 Å². The van der Waals surface area contributed by atoms with Gasteiger partial charge in [-0.25, -0.2) is 5.26 Å². The fourth-order valence-corrected chi connectivity index (χ4v) is 0.292. The van der Waals surface area contributed by atoms with Gasteiger partial charge in [-0.3, -0.25) is 4.79 Å². The van der Waals surface area contributed by atoms with Gasteiger partial charge in [0.2, 0.25) is 0 Å². The molecule has 0 saturated heterocycles. The minimum absolute atomic E-state index is 0.0670. The summed E-state index contributed by atoms with van der Waals surface area (Å²) in [6.07, 6.45) is 0.0746. The normalized spacial score (nSPS) is 8.56. The molecule has 0 aromatic carbocycles. The van der Waals surface area contributed by atoms with Gasteiger partial charge in [-0.15, -0.1) is 0 Å². The van der Waals surface area contributed by atoms with Crippen LogP contribution in [0.3, 0.4) is 0 Å². The lowest BCUT2D eigenvalue weighted by Gasteiger charge is -1.95. The Bertz CT molecular complexity index is 118. The molecule has 0 rings (SSSR count). The third-order valence-electron chi connectivity index (χ3n) is 0.747. The summed E-state index contributed by atoms with van der Waals surface area (Å²) in [5.41, 5.74) is 0. The van der Waals surface area contributed by atoms with Crippen molar-refractivity contribution < 1.29 is 20.0 Å². The summed E-state index contributed by atoms with van der Waals surface area (Å²) in [6, 6.07) is 0. The molecule has 0 heterocycles. The summed E-state index contributed by atoms with van der Waals surface area (Å²) in [7, 11) is 0. The Labute approximate surface area is 52.3 Å². The van der Waals surface area contributed by atoms with Crippen LogP contribution in [0.5, 0.6) is 0 Å². The number of hydrogen-bond acceptors (Lipinski definition) is 3. The summed E-state index contributed by atoms with van der Waals surface area (Å²) in [4.78, 5) is 13.5. The molecule has 0 aliphatic carbocycles. The van der Waals surface area contributed by atoms with Gasteiger partial charge in [0.1, 0.15) is 5.76 Å². The summed E-state index contributed by atoms with van der Waals surface area (Å²) >= 11 is 0. The van der Waals surface area contributed by atoms with E-state index in [1.54, 1.807) is 0 Å². The maximum atomic E-state index is 9.84. The predicted molar refractivity (Wildman–Crippen MR) is 29.7 cm³/mol. The number of allylic oxidation sites excluding steroid dienone is 1. The van der Waals surface area contributed by atoms with Gasteiger partial charge in [0.15, 0.2) is 0 Å². The maximum absolute atomic E-state index is 9.84. The molecule has 0 spiro atoms. The largest absolute Gasteiger partial charge is 0.481 e. The molecule has 0 amide bonds. The first-order valence-corrected chi connectivity index (χ1v) is 2.38. The van der Waals surface area contributed by atoms with Crippen molar-refractivity contribution in [1.82, 2.24) is 0 Å². The Kier molecular flexibility index (Phi) is 3.46. The van der Waals surface area contributed by atoms with Gasteiger partial charge >= 0.3 is 5.97 Å². The first kappa shape index (κ1) is 7.97. The molecule has 0 aliphatic heterocycles. The van der Waals surface area contributed by atoms with E-state index in [0.29, 0.717) is 0 Å². The third-order valence-corrected chi connectivity index (χ3v) is 0.747. The smallest absolute Gasteiger partial charge is 0.303 e. The second-order valence-electron chi connectivity index (χ2n) is 1.52. The quantitative estimate of drug-likeness (QED) is 0.338. The monoisotopic (exact) mass is 132 g/mol. The van der Waals surface area contributed by atoms with Crippen molar-refractivity contribution in [3.63, 3.8) is 0 Å². The molecule has 0 aromatic heterocycles. The van der Waals surface area contributed by atoms with E-state index in [-0.39, 0.29) is 18.6 Å². The fraction of sp³-hybridized carbons (Fsp3) is 0.400. The van der Waals surface area contributed by atoms with Crippen molar-refractivity contribution in [2.24, 2.45) is 0 Å². The van der Waals surface area contributed by atoms with Gasteiger partial charge in [0.05, 0.1) is 6.42 Å². The first-order valence-electron chi connectivity index (χ1n) is 2.38. The topological polar surface area (TPSA) is 66.8 Å². The lowest BCUT2D eigenvalue weighted by atomic mass is 10.3. The molecule has 0 saturated carbocycles. The average Bonchev–Trinajstić information content (AvgIpc) is 1.83. The minimum Gasteiger partial charge on any atom is -0.481 e. The molecule has 0 fully saturated rings. The van der Waals surface area contributed by atoms with Crippen molar-refractivity contribution in [2.45, 2.75) is 12.8 Å². The Hall–Kier alpha value is -1.03. The van der Waals surface area contributed by atoms with Crippen molar-refractivity contribution >= 4 is 5.97 Å². The van der Waals surface area contributed by atoms with Gasteiger partial charge in [-0.2, -0.15) is 0 Å². The standard InChI is InChI=1S/C5H8O4/c1-4(9-8)2-3-5(6)7/h8H,1-3H2,(H,6,7). The fourth-order valence-electron chi connectivity index (χ4n) is 0.292. The average molecular weight is 132 g/mol. The van der Waals surface area contributed by atoms with Crippen LogP contribution in [-0.4, -0.2) is 16.3 Å². The van der Waals surface area contributed by atoms with E-state index in [4.69, 9.17) is 10.4 Å². The molecule has 0 unspecified atom stereocenters. The summed E-state index contributed by atoms with van der Waals surface area (Å²) in [5.74, 6) is -0.870. The van der Waals surface area contributed by atoms with Crippen LogP contribution < -0.4 is 0 Å². The Balaban J connectivity index is 3.28. The zero-order chi connectivity index (χ0) is 7.28. The van der Waals surface area contributed by atoms with E-state index in [2.05, 4.69) is 11.5 Å². The highest BCUT2D eigenvalue weighted by Gasteiger charge is 1.99. The lowest BCUT2D eigenvalue weighted by molar-refractivity contribution is -0.205. The number of carboxylic acids is 1. The molecule has 4 heteroatoms. The number of aliphatic carboxylic acids is 1. The molecule has 2 N–H and O–H groups in total. The maximum Gasteiger partial charge on any atom is 0.303 e. The zero-order valence-electron chi connectivity index (χ0n) is 4.83. The van der Waals surface area contributed by atoms with Gasteiger partial charge in [0.25, 0.3) is 0 Å². The highest BCUT2D eigenvalue weighted by molar-refractivity contribution is 5.66. The lowest BCUT2D eigenvalue weighted by Crippen LogP contribution is -1.95. The van der Waals surface area contributed by atoms with E-state index in [9.17, 15) is 4.79 Å². The number of hydrogen-bond donors (Lipinski definition) is 2. The Morgan fingerprint density at radius 3 is 2.44 bits per heavy atom. The van der Waals surface area contributed by atoms with Crippen molar-refractivity contribution in [3.8, 4) is 0 Å². The molecular weight excluding hydrogens is 124 g/mol. The molecule has 0 bridgehead atoms. The van der Waals surface area contributed by atoms with Gasteiger partial charge < -0.3 is 9.99 Å². The van der Waals surface area contributed by atoms with Crippen LogP contribution in [-0.2, 0) is 9.68 Å². The van der Waals surface area contributed by atoms with Crippen molar-refractivity contribution in [3.05, 3.63) is 12.3 Å². The highest BCUT2D eigenvalue weighted by Crippen LogP contribution is 2.00. The molecular formula is C5H8O4. The van der Waals surface area contributed by atoms with E-state index >= 15 is 0 Å². The van der Waals surface area contributed by atoms with Crippen LogP contribution in [0.4, 0.5) is 0 Å². The molecule has 0 radical (unpaired) electrons. The SMILES string of the molecule is C=C(CCC(=O)O)OO. The summed E-state index contributed by atoms with van der Waals surface area (Å²) in [6.45, 7) is 3.21. The highest BCUT2D eigenvalue weighted by atomic mass is 17.1. The Morgan fingerprint density at radius 2 is 2.11 bits per heavy atom. The van der Waals surface area contributed by atoms with Crippen molar-refractivity contribution in [1.29, 1.82) is 0 Å². The zero-order valence-corrected chi connectivity index (χ0v) is 4.83. The number of carbonyl (C=O) groups is 1. The second-order valence-corrected chi connectivity index (χ2v) is 1.52. The molecule has 9 heavy (non-hydrogen) atoms. The summed E-state index contributed by atoms with van der Waals surface area (Å²) in [5, 5.41) is 15.9. The first-order chi connectivity index (χ1) is 4.16. The van der Waals surface area contributed by atoms with E-state index in [1.165, 1.54) is 0 Å². The minimum atomic E-state index is -0.937. The van der Waals surface area contributed by atoms with Crippen LogP contribution in [0.2, 0.25) is 0 Å². The molecule has 4 nitrogen and oxygen atoms in total. The van der Waals surface area contributed by atoms with E-state index in [0.717, 1.165) is 0 Å². The number of rotatable bonds is 4. The number of carboxylic acid groups (broad SMARTS) is 1. The van der Waals surface area contributed by atoms with Gasteiger partial charge in [-0.1, -0.05) is 6.58 Å². The predicted octanol–water partition coefficient (Wildman–Crippen LogP) is 0.855. The second kappa shape index (κ2) is 3.91. The van der Waals surface area contributed by atoms with Crippen LogP contribution in [0.1, 0.15) is 12.8 Å². The van der Waals surface area contributed by atoms with Gasteiger partial charge in [-0.05, 0) is 0 Å². The Morgan fingerprint density at radius 1 is 1.56 bits per heavy atom. The van der Waals surface area contributed by atoms with Crippen LogP contribution >= 0.6 is 0 Å². The molecule has 0 aromatic rings. The van der Waals surface area contributed by atoms with Crippen LogP contribution in [0.15, 0.2) is 12.3 Å². The van der Waals surface area contributed by atoms with E-state index in [1.807, 2.05) is 0 Å². The van der Waals surface area contributed by atoms with Crippen LogP contribution in [0, 0.1) is 0 Å². The third kappa shape index (κ3) is 4.83. The molecule has 52 valence electrons.